The molecule has 0 fully saturated rings. The Labute approximate surface area is 117 Å². The number of anilines is 1. The lowest BCUT2D eigenvalue weighted by Crippen LogP contribution is -2.30. The topological polar surface area (TPSA) is 62.7 Å². The van der Waals surface area contributed by atoms with Crippen LogP contribution >= 0.6 is 12.2 Å². The Balaban J connectivity index is 1.78. The minimum atomic E-state index is 0.561. The summed E-state index contributed by atoms with van der Waals surface area (Å²) in [7, 11) is 0. The van der Waals surface area contributed by atoms with Gasteiger partial charge in [-0.3, -0.25) is 0 Å². The summed E-state index contributed by atoms with van der Waals surface area (Å²) in [6.45, 7) is 2.69. The van der Waals surface area contributed by atoms with Crippen molar-refractivity contribution in [3.05, 3.63) is 47.9 Å². The number of hydrogen-bond donors (Lipinski definition) is 2. The fourth-order valence-corrected chi connectivity index (χ4v) is 1.74. The highest BCUT2D eigenvalue weighted by atomic mass is 32.1. The van der Waals surface area contributed by atoms with Gasteiger partial charge in [-0.2, -0.15) is 10.2 Å². The molecular weight excluding hydrogens is 258 g/mol. The van der Waals surface area contributed by atoms with Crippen molar-refractivity contribution in [1.29, 1.82) is 0 Å². The summed E-state index contributed by atoms with van der Waals surface area (Å²) in [5, 5.41) is 14.6. The lowest BCUT2D eigenvalue weighted by atomic mass is 10.3. The van der Waals surface area contributed by atoms with Gasteiger partial charge >= 0.3 is 0 Å². The monoisotopic (exact) mass is 273 g/mol. The van der Waals surface area contributed by atoms with Crippen LogP contribution < -0.4 is 10.6 Å². The third-order valence-corrected chi connectivity index (χ3v) is 2.78. The Morgan fingerprint density at radius 3 is 2.84 bits per heavy atom. The van der Waals surface area contributed by atoms with E-state index in [9.17, 15) is 0 Å². The van der Waals surface area contributed by atoms with Crippen LogP contribution in [0.2, 0.25) is 0 Å². The first-order chi connectivity index (χ1) is 9.25. The molecule has 6 heteroatoms. The first-order valence-corrected chi connectivity index (χ1v) is 6.39. The summed E-state index contributed by atoms with van der Waals surface area (Å²) in [6.07, 6.45) is 4.17. The highest BCUT2D eigenvalue weighted by Crippen LogP contribution is 2.08. The average molecular weight is 273 g/mol. The first kappa shape index (κ1) is 13.4. The van der Waals surface area contributed by atoms with Crippen molar-refractivity contribution in [2.75, 3.05) is 11.9 Å². The molecule has 0 aliphatic heterocycles. The van der Waals surface area contributed by atoms with Gasteiger partial charge in [0.15, 0.2) is 5.11 Å². The van der Waals surface area contributed by atoms with E-state index in [1.165, 1.54) is 0 Å². The molecule has 0 aliphatic carbocycles. The van der Waals surface area contributed by atoms with Crippen LogP contribution in [0.4, 0.5) is 5.82 Å². The molecule has 0 radical (unpaired) electrons. The third-order valence-electron chi connectivity index (χ3n) is 2.54. The summed E-state index contributed by atoms with van der Waals surface area (Å²) in [6, 6.07) is 7.69. The molecule has 2 rings (SSSR count). The van der Waals surface area contributed by atoms with E-state index in [1.807, 2.05) is 31.2 Å². The van der Waals surface area contributed by atoms with Crippen molar-refractivity contribution in [1.82, 2.24) is 20.5 Å². The van der Waals surface area contributed by atoms with E-state index in [0.29, 0.717) is 11.7 Å². The van der Waals surface area contributed by atoms with Gasteiger partial charge in [0.25, 0.3) is 0 Å². The second-order valence-corrected chi connectivity index (χ2v) is 4.42. The number of aryl methyl sites for hydroxylation is 1. The van der Waals surface area contributed by atoms with Crippen LogP contribution in [0, 0.1) is 6.92 Å². The molecule has 5 nitrogen and oxygen atoms in total. The smallest absolute Gasteiger partial charge is 0.171 e. The Kier molecular flexibility index (Phi) is 4.74. The van der Waals surface area contributed by atoms with Crippen molar-refractivity contribution in [3.63, 3.8) is 0 Å². The zero-order valence-electron chi connectivity index (χ0n) is 10.6. The molecular formula is C13H15N5S. The van der Waals surface area contributed by atoms with Gasteiger partial charge in [0.05, 0.1) is 5.69 Å². The van der Waals surface area contributed by atoms with Crippen LogP contribution in [0.1, 0.15) is 11.3 Å². The SMILES string of the molecule is Cc1cccnc1NC(=S)NCCc1cccnn1. The maximum Gasteiger partial charge on any atom is 0.171 e. The Bertz CT molecular complexity index is 544. The van der Waals surface area contributed by atoms with Crippen molar-refractivity contribution in [3.8, 4) is 0 Å². The standard InChI is InChI=1S/C13H15N5S/c1-10-4-2-7-14-12(10)17-13(19)15-9-6-11-5-3-8-16-18-11/h2-5,7-8H,6,9H2,1H3,(H2,14,15,17,19). The van der Waals surface area contributed by atoms with Crippen LogP contribution in [0.15, 0.2) is 36.7 Å². The quantitative estimate of drug-likeness (QED) is 0.827. The predicted octanol–water partition coefficient (Wildman–Crippen LogP) is 1.71. The summed E-state index contributed by atoms with van der Waals surface area (Å²) in [4.78, 5) is 4.22. The number of nitrogens with zero attached hydrogens (tertiary/aromatic N) is 3. The van der Waals surface area contributed by atoms with Gasteiger partial charge in [-0.05, 0) is 42.9 Å². The van der Waals surface area contributed by atoms with Crippen molar-refractivity contribution >= 4 is 23.1 Å². The molecule has 0 saturated carbocycles. The van der Waals surface area contributed by atoms with E-state index in [4.69, 9.17) is 12.2 Å². The van der Waals surface area contributed by atoms with Crippen molar-refractivity contribution in [2.24, 2.45) is 0 Å². The normalized spacial score (nSPS) is 9.95. The van der Waals surface area contributed by atoms with Crippen LogP contribution in [0.3, 0.4) is 0 Å². The van der Waals surface area contributed by atoms with E-state index < -0.39 is 0 Å². The number of nitrogens with one attached hydrogen (secondary N) is 2. The van der Waals surface area contributed by atoms with Crippen LogP contribution in [-0.4, -0.2) is 26.8 Å². The Morgan fingerprint density at radius 1 is 1.26 bits per heavy atom. The maximum atomic E-state index is 5.21. The molecule has 0 aromatic carbocycles. The maximum absolute atomic E-state index is 5.21. The summed E-state index contributed by atoms with van der Waals surface area (Å²) in [5.41, 5.74) is 1.99. The number of aromatic nitrogens is 3. The molecule has 0 aliphatic rings. The molecule has 0 saturated heterocycles. The molecule has 2 N–H and O–H groups in total. The minimum Gasteiger partial charge on any atom is -0.362 e. The third kappa shape index (κ3) is 4.26. The Morgan fingerprint density at radius 2 is 2.11 bits per heavy atom. The van der Waals surface area contributed by atoms with E-state index in [1.54, 1.807) is 12.4 Å². The lowest BCUT2D eigenvalue weighted by Gasteiger charge is -2.10. The minimum absolute atomic E-state index is 0.561. The van der Waals surface area contributed by atoms with E-state index in [0.717, 1.165) is 23.5 Å². The molecule has 0 bridgehead atoms. The van der Waals surface area contributed by atoms with E-state index >= 15 is 0 Å². The van der Waals surface area contributed by atoms with E-state index in [-0.39, 0.29) is 0 Å². The van der Waals surface area contributed by atoms with Gasteiger partial charge in [0.2, 0.25) is 0 Å². The highest BCUT2D eigenvalue weighted by molar-refractivity contribution is 7.80. The van der Waals surface area contributed by atoms with Crippen molar-refractivity contribution in [2.45, 2.75) is 13.3 Å². The van der Waals surface area contributed by atoms with Crippen LogP contribution in [-0.2, 0) is 6.42 Å². The molecule has 2 aromatic heterocycles. The molecule has 0 amide bonds. The van der Waals surface area contributed by atoms with Crippen molar-refractivity contribution < 1.29 is 0 Å². The average Bonchev–Trinajstić information content (AvgIpc) is 2.43. The molecule has 0 unspecified atom stereocenters. The fourth-order valence-electron chi connectivity index (χ4n) is 1.54. The molecule has 98 valence electrons. The number of thiocarbonyl (C=S) groups is 1. The molecule has 0 spiro atoms. The zero-order chi connectivity index (χ0) is 13.5. The molecule has 2 aromatic rings. The highest BCUT2D eigenvalue weighted by Gasteiger charge is 2.01. The van der Waals surface area contributed by atoms with Gasteiger partial charge in [-0.25, -0.2) is 4.98 Å². The van der Waals surface area contributed by atoms with Gasteiger partial charge in [-0.1, -0.05) is 6.07 Å². The molecule has 19 heavy (non-hydrogen) atoms. The lowest BCUT2D eigenvalue weighted by molar-refractivity contribution is 0.817. The number of hydrogen-bond acceptors (Lipinski definition) is 4. The van der Waals surface area contributed by atoms with Gasteiger partial charge in [0.1, 0.15) is 5.82 Å². The van der Waals surface area contributed by atoms with Crippen LogP contribution in [0.25, 0.3) is 0 Å². The van der Waals surface area contributed by atoms with Crippen LogP contribution in [0.5, 0.6) is 0 Å². The fraction of sp³-hybridized carbons (Fsp3) is 0.231. The predicted molar refractivity (Wildman–Crippen MR) is 78.9 cm³/mol. The largest absolute Gasteiger partial charge is 0.362 e. The Hall–Kier alpha value is -2.08. The van der Waals surface area contributed by atoms with Gasteiger partial charge in [0, 0.05) is 25.4 Å². The van der Waals surface area contributed by atoms with Gasteiger partial charge < -0.3 is 10.6 Å². The van der Waals surface area contributed by atoms with E-state index in [2.05, 4.69) is 25.8 Å². The summed E-state index contributed by atoms with van der Waals surface area (Å²) >= 11 is 5.21. The first-order valence-electron chi connectivity index (χ1n) is 5.99. The second-order valence-electron chi connectivity index (χ2n) is 4.01. The molecule has 2 heterocycles. The zero-order valence-corrected chi connectivity index (χ0v) is 11.4. The van der Waals surface area contributed by atoms with Gasteiger partial charge in [-0.15, -0.1) is 0 Å². The summed E-state index contributed by atoms with van der Waals surface area (Å²) in [5.74, 6) is 0.777. The number of pyridine rings is 1. The summed E-state index contributed by atoms with van der Waals surface area (Å²) < 4.78 is 0. The number of rotatable bonds is 4. The molecule has 0 atom stereocenters. The second kappa shape index (κ2) is 6.75.